The summed E-state index contributed by atoms with van der Waals surface area (Å²) in [5.41, 5.74) is 2.41. The third kappa shape index (κ3) is 3.52. The average Bonchev–Trinajstić information content (AvgIpc) is 2.92. The minimum atomic E-state index is 0. The Morgan fingerprint density at radius 3 is 3.00 bits per heavy atom. The van der Waals surface area contributed by atoms with E-state index in [2.05, 4.69) is 32.5 Å². The molecule has 0 spiro atoms. The van der Waals surface area contributed by atoms with Crippen LogP contribution in [0.3, 0.4) is 0 Å². The normalized spacial score (nSPS) is 19.6. The van der Waals surface area contributed by atoms with Crippen molar-refractivity contribution in [2.45, 2.75) is 12.6 Å². The summed E-state index contributed by atoms with van der Waals surface area (Å²) in [6.07, 6.45) is 1.80. The second-order valence-corrected chi connectivity index (χ2v) is 5.26. The number of piperazine rings is 1. The van der Waals surface area contributed by atoms with Gasteiger partial charge in [0.25, 0.3) is 0 Å². The maximum atomic E-state index is 6.10. The molecule has 0 bridgehead atoms. The summed E-state index contributed by atoms with van der Waals surface area (Å²) in [6.45, 7) is 3.88. The van der Waals surface area contributed by atoms with Gasteiger partial charge in [0.15, 0.2) is 0 Å². The molecule has 1 unspecified atom stereocenters. The maximum Gasteiger partial charge on any atom is 0.0492 e. The van der Waals surface area contributed by atoms with Gasteiger partial charge in [-0.05, 0) is 23.8 Å². The summed E-state index contributed by atoms with van der Waals surface area (Å²) >= 11 is 6.10. The average molecular weight is 313 g/mol. The summed E-state index contributed by atoms with van der Waals surface area (Å²) in [7, 11) is 0. The molecule has 1 atom stereocenters. The van der Waals surface area contributed by atoms with Gasteiger partial charge in [0.05, 0.1) is 0 Å². The molecule has 20 heavy (non-hydrogen) atoms. The second kappa shape index (κ2) is 7.09. The van der Waals surface area contributed by atoms with Crippen molar-refractivity contribution in [1.82, 2.24) is 20.4 Å². The predicted molar refractivity (Wildman–Crippen MR) is 83.3 cm³/mol. The molecule has 1 saturated heterocycles. The molecule has 0 amide bonds. The van der Waals surface area contributed by atoms with E-state index >= 15 is 0 Å². The van der Waals surface area contributed by atoms with Gasteiger partial charge >= 0.3 is 0 Å². The molecule has 1 aromatic heterocycles. The van der Waals surface area contributed by atoms with Crippen molar-refractivity contribution < 1.29 is 0 Å². The van der Waals surface area contributed by atoms with E-state index in [0.717, 1.165) is 36.9 Å². The number of aromatic amines is 1. The molecule has 1 aromatic carbocycles. The number of H-pyrrole nitrogens is 1. The second-order valence-electron chi connectivity index (χ2n) is 4.83. The lowest BCUT2D eigenvalue weighted by molar-refractivity contribution is 0.152. The Morgan fingerprint density at radius 1 is 1.35 bits per heavy atom. The largest absolute Gasteiger partial charge is 0.314 e. The summed E-state index contributed by atoms with van der Waals surface area (Å²) in [6, 6.07) is 10.5. The van der Waals surface area contributed by atoms with E-state index in [1.165, 1.54) is 5.56 Å². The Kier molecular flexibility index (Phi) is 5.43. The topological polar surface area (TPSA) is 44.0 Å². The fraction of sp³-hybridized carbons (Fsp3) is 0.357. The maximum absolute atomic E-state index is 6.10. The minimum absolute atomic E-state index is 0. The number of rotatable bonds is 3. The monoisotopic (exact) mass is 312 g/mol. The third-order valence-corrected chi connectivity index (χ3v) is 3.75. The van der Waals surface area contributed by atoms with Crippen molar-refractivity contribution in [2.24, 2.45) is 0 Å². The zero-order chi connectivity index (χ0) is 13.1. The molecular weight excluding hydrogens is 295 g/mol. The highest BCUT2D eigenvalue weighted by molar-refractivity contribution is 6.30. The van der Waals surface area contributed by atoms with Gasteiger partial charge < -0.3 is 5.32 Å². The summed E-state index contributed by atoms with van der Waals surface area (Å²) in [5.74, 6) is 0. The van der Waals surface area contributed by atoms with Crippen LogP contribution < -0.4 is 5.32 Å². The number of hydrogen-bond acceptors (Lipinski definition) is 3. The minimum Gasteiger partial charge on any atom is -0.314 e. The van der Waals surface area contributed by atoms with Crippen LogP contribution in [0.1, 0.15) is 17.3 Å². The first-order chi connectivity index (χ1) is 9.33. The SMILES string of the molecule is Cl.Clc1cccc(C2CNCCN2Cc2ccn[nH]2)c1. The van der Waals surface area contributed by atoms with Gasteiger partial charge in [-0.2, -0.15) is 5.10 Å². The third-order valence-electron chi connectivity index (χ3n) is 3.52. The molecular formula is C14H18Cl2N4. The number of hydrogen-bond donors (Lipinski definition) is 2. The number of nitrogens with zero attached hydrogens (tertiary/aromatic N) is 2. The van der Waals surface area contributed by atoms with Crippen LogP contribution in [-0.4, -0.2) is 34.7 Å². The van der Waals surface area contributed by atoms with E-state index < -0.39 is 0 Å². The zero-order valence-corrected chi connectivity index (χ0v) is 12.6. The highest BCUT2D eigenvalue weighted by Gasteiger charge is 2.24. The molecule has 2 aromatic rings. The molecule has 0 saturated carbocycles. The lowest BCUT2D eigenvalue weighted by Gasteiger charge is -2.36. The predicted octanol–water partition coefficient (Wildman–Crippen LogP) is 2.63. The molecule has 0 aliphatic carbocycles. The van der Waals surface area contributed by atoms with Crippen LogP contribution in [0.15, 0.2) is 36.5 Å². The van der Waals surface area contributed by atoms with Gasteiger partial charge in [0.1, 0.15) is 0 Å². The molecule has 1 aliphatic heterocycles. The van der Waals surface area contributed by atoms with Crippen molar-refractivity contribution in [1.29, 1.82) is 0 Å². The molecule has 2 N–H and O–H groups in total. The smallest absolute Gasteiger partial charge is 0.0492 e. The van der Waals surface area contributed by atoms with Crippen molar-refractivity contribution in [2.75, 3.05) is 19.6 Å². The van der Waals surface area contributed by atoms with E-state index in [1.807, 2.05) is 18.2 Å². The molecule has 0 radical (unpaired) electrons. The molecule has 4 nitrogen and oxygen atoms in total. The van der Waals surface area contributed by atoms with Crippen LogP contribution in [0.25, 0.3) is 0 Å². The summed E-state index contributed by atoms with van der Waals surface area (Å²) in [5, 5.41) is 11.3. The van der Waals surface area contributed by atoms with Crippen LogP contribution in [0.5, 0.6) is 0 Å². The fourth-order valence-electron chi connectivity index (χ4n) is 2.57. The first kappa shape index (κ1) is 15.3. The Morgan fingerprint density at radius 2 is 2.25 bits per heavy atom. The van der Waals surface area contributed by atoms with E-state index in [9.17, 15) is 0 Å². The number of aromatic nitrogens is 2. The summed E-state index contributed by atoms with van der Waals surface area (Å²) < 4.78 is 0. The van der Waals surface area contributed by atoms with Crippen molar-refractivity contribution in [3.05, 3.63) is 52.8 Å². The first-order valence-corrected chi connectivity index (χ1v) is 6.89. The van der Waals surface area contributed by atoms with Gasteiger partial charge in [-0.15, -0.1) is 12.4 Å². The van der Waals surface area contributed by atoms with Crippen molar-refractivity contribution >= 4 is 24.0 Å². The molecule has 6 heteroatoms. The highest BCUT2D eigenvalue weighted by atomic mass is 35.5. The van der Waals surface area contributed by atoms with E-state index in [0.29, 0.717) is 6.04 Å². The van der Waals surface area contributed by atoms with Crippen LogP contribution in [0.4, 0.5) is 0 Å². The van der Waals surface area contributed by atoms with E-state index in [1.54, 1.807) is 6.20 Å². The quantitative estimate of drug-likeness (QED) is 0.915. The highest BCUT2D eigenvalue weighted by Crippen LogP contribution is 2.25. The van der Waals surface area contributed by atoms with Gasteiger partial charge in [-0.3, -0.25) is 10.00 Å². The molecule has 1 aliphatic rings. The van der Waals surface area contributed by atoms with Crippen LogP contribution in [-0.2, 0) is 6.54 Å². The standard InChI is InChI=1S/C14H17ClN4.ClH/c15-12-3-1-2-11(8-12)14-9-16-6-7-19(14)10-13-4-5-17-18-13;/h1-5,8,14,16H,6-7,9-10H2,(H,17,18);1H. The lowest BCUT2D eigenvalue weighted by atomic mass is 10.0. The van der Waals surface area contributed by atoms with Crippen LogP contribution in [0.2, 0.25) is 5.02 Å². The van der Waals surface area contributed by atoms with Gasteiger partial charge in [0, 0.05) is 49.1 Å². The zero-order valence-electron chi connectivity index (χ0n) is 11.1. The van der Waals surface area contributed by atoms with Crippen LogP contribution >= 0.6 is 24.0 Å². The lowest BCUT2D eigenvalue weighted by Crippen LogP contribution is -2.45. The molecule has 2 heterocycles. The molecule has 108 valence electrons. The Bertz CT molecular complexity index is 530. The van der Waals surface area contributed by atoms with Crippen molar-refractivity contribution in [3.8, 4) is 0 Å². The Balaban J connectivity index is 0.00000147. The molecule has 1 fully saturated rings. The van der Waals surface area contributed by atoms with Gasteiger partial charge in [-0.25, -0.2) is 0 Å². The van der Waals surface area contributed by atoms with Gasteiger partial charge in [-0.1, -0.05) is 23.7 Å². The number of benzene rings is 1. The fourth-order valence-corrected chi connectivity index (χ4v) is 2.77. The Labute approximate surface area is 129 Å². The van der Waals surface area contributed by atoms with Gasteiger partial charge in [0.2, 0.25) is 0 Å². The summed E-state index contributed by atoms with van der Waals surface area (Å²) in [4.78, 5) is 2.45. The van der Waals surface area contributed by atoms with Crippen LogP contribution in [0, 0.1) is 0 Å². The first-order valence-electron chi connectivity index (χ1n) is 6.51. The van der Waals surface area contributed by atoms with E-state index in [-0.39, 0.29) is 12.4 Å². The Hall–Kier alpha value is -1.07. The number of halogens is 2. The molecule has 3 rings (SSSR count). The van der Waals surface area contributed by atoms with Crippen molar-refractivity contribution in [3.63, 3.8) is 0 Å². The number of nitrogens with one attached hydrogen (secondary N) is 2. The van der Waals surface area contributed by atoms with E-state index in [4.69, 9.17) is 11.6 Å².